The van der Waals surface area contributed by atoms with E-state index in [2.05, 4.69) is 11.1 Å². The van der Waals surface area contributed by atoms with E-state index in [0.29, 0.717) is 6.54 Å². The smallest absolute Gasteiger partial charge is 0.0435 e. The molecule has 0 fully saturated rings. The Labute approximate surface area is 85.0 Å². The van der Waals surface area contributed by atoms with Crippen molar-refractivity contribution in [3.05, 3.63) is 29.1 Å². The average molecular weight is 199 g/mol. The molecule has 0 bridgehead atoms. The molecule has 13 heavy (non-hydrogen) atoms. The predicted octanol–water partition coefficient (Wildman–Crippen LogP) is 1.84. The van der Waals surface area contributed by atoms with Crippen LogP contribution in [0.4, 0.5) is 0 Å². The second kappa shape index (κ2) is 4.58. The van der Waals surface area contributed by atoms with Crippen LogP contribution in [0.15, 0.2) is 12.3 Å². The summed E-state index contributed by atoms with van der Waals surface area (Å²) < 4.78 is 0. The molecule has 0 radical (unpaired) electrons. The van der Waals surface area contributed by atoms with E-state index in [9.17, 15) is 0 Å². The lowest BCUT2D eigenvalue weighted by Crippen LogP contribution is -2.07. The van der Waals surface area contributed by atoms with E-state index in [1.165, 1.54) is 30.5 Å². The Morgan fingerprint density at radius 3 is 2.85 bits per heavy atom. The van der Waals surface area contributed by atoms with E-state index in [-0.39, 0.29) is 12.4 Å². The average Bonchev–Trinajstić information content (AvgIpc) is 2.17. The summed E-state index contributed by atoms with van der Waals surface area (Å²) >= 11 is 0. The van der Waals surface area contributed by atoms with E-state index in [1.54, 1.807) is 0 Å². The van der Waals surface area contributed by atoms with Crippen molar-refractivity contribution in [3.8, 4) is 0 Å². The highest BCUT2D eigenvalue weighted by Crippen LogP contribution is 2.19. The molecule has 0 amide bonds. The van der Waals surface area contributed by atoms with E-state index >= 15 is 0 Å². The summed E-state index contributed by atoms with van der Waals surface area (Å²) in [6.45, 7) is 0.611. The van der Waals surface area contributed by atoms with Crippen LogP contribution in [0.2, 0.25) is 0 Å². The molecule has 2 rings (SSSR count). The van der Waals surface area contributed by atoms with E-state index in [0.717, 1.165) is 12.0 Å². The van der Waals surface area contributed by atoms with Crippen molar-refractivity contribution in [2.24, 2.45) is 5.73 Å². The number of aromatic nitrogens is 1. The third kappa shape index (κ3) is 2.20. The highest BCUT2D eigenvalue weighted by Gasteiger charge is 2.09. The first-order chi connectivity index (χ1) is 5.90. The summed E-state index contributed by atoms with van der Waals surface area (Å²) in [5.74, 6) is 0. The summed E-state index contributed by atoms with van der Waals surface area (Å²) in [4.78, 5) is 4.41. The van der Waals surface area contributed by atoms with Crippen LogP contribution < -0.4 is 5.73 Å². The molecule has 0 saturated carbocycles. The molecule has 2 nitrogen and oxygen atoms in total. The second-order valence-electron chi connectivity index (χ2n) is 3.36. The van der Waals surface area contributed by atoms with Crippen molar-refractivity contribution in [1.29, 1.82) is 0 Å². The van der Waals surface area contributed by atoms with Gasteiger partial charge in [0.1, 0.15) is 0 Å². The fourth-order valence-corrected chi connectivity index (χ4v) is 1.75. The minimum Gasteiger partial charge on any atom is -0.326 e. The van der Waals surface area contributed by atoms with Gasteiger partial charge in [0.2, 0.25) is 0 Å². The van der Waals surface area contributed by atoms with Crippen LogP contribution in [0.5, 0.6) is 0 Å². The lowest BCUT2D eigenvalue weighted by Gasteiger charge is -2.14. The van der Waals surface area contributed by atoms with Gasteiger partial charge in [0, 0.05) is 18.4 Å². The zero-order valence-corrected chi connectivity index (χ0v) is 8.44. The van der Waals surface area contributed by atoms with Crippen LogP contribution in [-0.2, 0) is 19.4 Å². The van der Waals surface area contributed by atoms with Gasteiger partial charge in [-0.15, -0.1) is 12.4 Å². The van der Waals surface area contributed by atoms with Crippen LogP contribution in [0.25, 0.3) is 0 Å². The molecular formula is C10H15ClN2. The first-order valence-corrected chi connectivity index (χ1v) is 4.57. The lowest BCUT2D eigenvalue weighted by atomic mass is 9.95. The van der Waals surface area contributed by atoms with Crippen molar-refractivity contribution in [1.82, 2.24) is 4.98 Å². The molecule has 1 aromatic heterocycles. The molecule has 1 aromatic rings. The lowest BCUT2D eigenvalue weighted by molar-refractivity contribution is 0.665. The predicted molar refractivity (Wildman–Crippen MR) is 56.0 cm³/mol. The topological polar surface area (TPSA) is 38.9 Å². The van der Waals surface area contributed by atoms with Crippen LogP contribution in [0.3, 0.4) is 0 Å². The fraction of sp³-hybridized carbons (Fsp3) is 0.500. The third-order valence-corrected chi connectivity index (χ3v) is 2.46. The van der Waals surface area contributed by atoms with Gasteiger partial charge in [0.05, 0.1) is 0 Å². The summed E-state index contributed by atoms with van der Waals surface area (Å²) in [7, 11) is 0. The van der Waals surface area contributed by atoms with Crippen molar-refractivity contribution < 1.29 is 0 Å². The molecule has 0 aliphatic heterocycles. The highest BCUT2D eigenvalue weighted by molar-refractivity contribution is 5.85. The maximum atomic E-state index is 5.54. The van der Waals surface area contributed by atoms with Gasteiger partial charge >= 0.3 is 0 Å². The molecule has 1 heterocycles. The first-order valence-electron chi connectivity index (χ1n) is 4.57. The maximum Gasteiger partial charge on any atom is 0.0435 e. The van der Waals surface area contributed by atoms with Crippen LogP contribution in [0, 0.1) is 0 Å². The summed E-state index contributed by atoms with van der Waals surface area (Å²) in [6, 6.07) is 2.21. The van der Waals surface area contributed by atoms with E-state index < -0.39 is 0 Å². The van der Waals surface area contributed by atoms with Gasteiger partial charge in [-0.2, -0.15) is 0 Å². The number of aryl methyl sites for hydroxylation is 2. The van der Waals surface area contributed by atoms with Gasteiger partial charge < -0.3 is 5.73 Å². The quantitative estimate of drug-likeness (QED) is 0.748. The number of nitrogens with zero attached hydrogens (tertiary/aromatic N) is 1. The monoisotopic (exact) mass is 198 g/mol. The molecule has 3 heteroatoms. The van der Waals surface area contributed by atoms with Gasteiger partial charge in [0.15, 0.2) is 0 Å². The molecule has 0 spiro atoms. The Morgan fingerprint density at radius 1 is 1.31 bits per heavy atom. The number of pyridine rings is 1. The molecule has 0 saturated heterocycles. The van der Waals surface area contributed by atoms with Crippen molar-refractivity contribution in [3.63, 3.8) is 0 Å². The number of nitrogens with two attached hydrogens (primary N) is 1. The number of hydrogen-bond acceptors (Lipinski definition) is 2. The molecule has 0 unspecified atom stereocenters. The third-order valence-electron chi connectivity index (χ3n) is 2.46. The Balaban J connectivity index is 0.000000845. The second-order valence-corrected chi connectivity index (χ2v) is 3.36. The van der Waals surface area contributed by atoms with Crippen molar-refractivity contribution in [2.75, 3.05) is 0 Å². The number of rotatable bonds is 1. The summed E-state index contributed by atoms with van der Waals surface area (Å²) in [6.07, 6.45) is 6.85. The molecule has 1 aliphatic carbocycles. The van der Waals surface area contributed by atoms with Crippen LogP contribution >= 0.6 is 12.4 Å². The standard InChI is InChI=1S/C10H14N2.ClH/c11-6-8-5-9-3-1-2-4-10(9)12-7-8;/h5,7H,1-4,6,11H2;1H. The van der Waals surface area contributed by atoms with Crippen LogP contribution in [0.1, 0.15) is 29.7 Å². The molecule has 0 aromatic carbocycles. The van der Waals surface area contributed by atoms with E-state index in [4.69, 9.17) is 5.73 Å². The van der Waals surface area contributed by atoms with Crippen molar-refractivity contribution >= 4 is 12.4 Å². The number of fused-ring (bicyclic) bond motifs is 1. The Morgan fingerprint density at radius 2 is 2.08 bits per heavy atom. The Hall–Kier alpha value is -0.600. The summed E-state index contributed by atoms with van der Waals surface area (Å²) in [5.41, 5.74) is 9.42. The zero-order chi connectivity index (χ0) is 8.39. The molecular weight excluding hydrogens is 184 g/mol. The highest BCUT2D eigenvalue weighted by atomic mass is 35.5. The minimum absolute atomic E-state index is 0. The Bertz CT molecular complexity index is 286. The van der Waals surface area contributed by atoms with Gasteiger partial charge in [-0.25, -0.2) is 0 Å². The van der Waals surface area contributed by atoms with Gasteiger partial charge in [-0.1, -0.05) is 6.07 Å². The molecule has 0 atom stereocenters. The maximum absolute atomic E-state index is 5.54. The molecule has 2 N–H and O–H groups in total. The fourth-order valence-electron chi connectivity index (χ4n) is 1.75. The van der Waals surface area contributed by atoms with E-state index in [1.807, 2.05) is 6.20 Å². The number of halogens is 1. The Kier molecular flexibility index (Phi) is 3.70. The first kappa shape index (κ1) is 10.5. The molecule has 72 valence electrons. The number of hydrogen-bond donors (Lipinski definition) is 1. The largest absolute Gasteiger partial charge is 0.326 e. The SMILES string of the molecule is Cl.NCc1cnc2c(c1)CCCC2. The van der Waals surface area contributed by atoms with Gasteiger partial charge in [-0.3, -0.25) is 4.98 Å². The summed E-state index contributed by atoms with van der Waals surface area (Å²) in [5, 5.41) is 0. The van der Waals surface area contributed by atoms with Gasteiger partial charge in [0.25, 0.3) is 0 Å². The zero-order valence-electron chi connectivity index (χ0n) is 7.62. The minimum atomic E-state index is 0. The van der Waals surface area contributed by atoms with Crippen LogP contribution in [-0.4, -0.2) is 4.98 Å². The van der Waals surface area contributed by atoms with Crippen molar-refractivity contribution in [2.45, 2.75) is 32.2 Å². The normalized spacial score (nSPS) is 14.5. The molecule has 1 aliphatic rings. The van der Waals surface area contributed by atoms with Gasteiger partial charge in [-0.05, 0) is 36.8 Å².